The first-order valence-corrected chi connectivity index (χ1v) is 11.5. The second-order valence-electron chi connectivity index (χ2n) is 7.90. The Labute approximate surface area is 199 Å². The fourth-order valence-electron chi connectivity index (χ4n) is 4.16. The highest BCUT2D eigenvalue weighted by atomic mass is 32.1. The summed E-state index contributed by atoms with van der Waals surface area (Å²) < 4.78 is 15.5. The largest absolute Gasteiger partial charge is 0.273 e. The second kappa shape index (κ2) is 8.28. The van der Waals surface area contributed by atoms with E-state index in [1.807, 2.05) is 37.6 Å². The number of nitrogens with zero attached hydrogens (tertiary/aromatic N) is 5. The lowest BCUT2D eigenvalue weighted by Gasteiger charge is -2.15. The van der Waals surface area contributed by atoms with Gasteiger partial charge in [0.05, 0.1) is 5.69 Å². The lowest BCUT2D eigenvalue weighted by atomic mass is 9.93. The molecule has 34 heavy (non-hydrogen) atoms. The van der Waals surface area contributed by atoms with E-state index >= 15 is 0 Å². The van der Waals surface area contributed by atoms with Crippen molar-refractivity contribution in [1.29, 1.82) is 0 Å². The van der Waals surface area contributed by atoms with E-state index in [9.17, 15) is 4.39 Å². The van der Waals surface area contributed by atoms with Gasteiger partial charge < -0.3 is 0 Å². The maximum Gasteiger partial charge on any atom is 0.182 e. The first kappa shape index (κ1) is 20.4. The number of hydrogen-bond donors (Lipinski definition) is 0. The Hall–Kier alpha value is -4.23. The molecule has 5 aromatic heterocycles. The van der Waals surface area contributed by atoms with Gasteiger partial charge in [0.15, 0.2) is 5.65 Å². The van der Waals surface area contributed by atoms with Crippen molar-refractivity contribution in [3.05, 3.63) is 97.5 Å². The molecule has 0 atom stereocenters. The Bertz CT molecular complexity index is 1610. The number of benzene rings is 1. The van der Waals surface area contributed by atoms with E-state index in [0.717, 1.165) is 48.7 Å². The van der Waals surface area contributed by atoms with Crippen LogP contribution in [0.3, 0.4) is 0 Å². The Kier molecular flexibility index (Phi) is 4.96. The quantitative estimate of drug-likeness (QED) is 0.295. The lowest BCUT2D eigenvalue weighted by molar-refractivity contribution is 0.628. The van der Waals surface area contributed by atoms with E-state index in [-0.39, 0.29) is 5.82 Å². The van der Waals surface area contributed by atoms with Crippen molar-refractivity contribution in [1.82, 2.24) is 24.7 Å². The van der Waals surface area contributed by atoms with E-state index in [1.54, 1.807) is 46.7 Å². The fourth-order valence-corrected chi connectivity index (χ4v) is 5.22. The fraction of sp³-hybridized carbons (Fsp3) is 0.0370. The molecule has 5 nitrogen and oxygen atoms in total. The van der Waals surface area contributed by atoms with Gasteiger partial charge >= 0.3 is 0 Å². The minimum absolute atomic E-state index is 0.285. The zero-order valence-electron chi connectivity index (χ0n) is 18.2. The molecule has 0 aliphatic rings. The van der Waals surface area contributed by atoms with Gasteiger partial charge in [0.25, 0.3) is 0 Å². The van der Waals surface area contributed by atoms with Crippen LogP contribution in [0.15, 0.2) is 91.6 Å². The molecule has 6 rings (SSSR count). The van der Waals surface area contributed by atoms with Gasteiger partial charge in [-0.2, -0.15) is 5.10 Å². The Morgan fingerprint density at radius 3 is 2.32 bits per heavy atom. The molecule has 1 aromatic carbocycles. The van der Waals surface area contributed by atoms with Gasteiger partial charge in [0, 0.05) is 75.4 Å². The van der Waals surface area contributed by atoms with Gasteiger partial charge in [-0.15, -0.1) is 11.3 Å². The third kappa shape index (κ3) is 3.56. The Morgan fingerprint density at radius 1 is 0.765 bits per heavy atom. The van der Waals surface area contributed by atoms with E-state index in [1.165, 1.54) is 12.1 Å². The average molecular weight is 464 g/mol. The minimum Gasteiger partial charge on any atom is -0.273 e. The second-order valence-corrected chi connectivity index (χ2v) is 8.98. The molecule has 164 valence electrons. The van der Waals surface area contributed by atoms with Gasteiger partial charge in [-0.1, -0.05) is 6.07 Å². The molecule has 0 saturated heterocycles. The monoisotopic (exact) mass is 463 g/mol. The summed E-state index contributed by atoms with van der Waals surface area (Å²) in [5, 5.41) is 5.57. The highest BCUT2D eigenvalue weighted by Crippen LogP contribution is 2.46. The van der Waals surface area contributed by atoms with Crippen LogP contribution >= 0.6 is 11.3 Å². The summed E-state index contributed by atoms with van der Waals surface area (Å²) in [6, 6.07) is 18.6. The van der Waals surface area contributed by atoms with Crippen LogP contribution in [0.5, 0.6) is 0 Å². The summed E-state index contributed by atoms with van der Waals surface area (Å²) in [7, 11) is 1.89. The van der Waals surface area contributed by atoms with Crippen molar-refractivity contribution in [3.8, 4) is 43.3 Å². The summed E-state index contributed by atoms with van der Waals surface area (Å²) in [6.07, 6.45) is 9.19. The number of rotatable bonds is 4. The molecular weight excluding hydrogens is 445 g/mol. The molecule has 0 amide bonds. The number of fused-ring (bicyclic) bond motifs is 1. The number of aromatic nitrogens is 5. The zero-order valence-corrected chi connectivity index (χ0v) is 19.0. The molecule has 0 bridgehead atoms. The molecule has 0 unspecified atom stereocenters. The molecule has 0 radical (unpaired) electrons. The Morgan fingerprint density at radius 2 is 1.56 bits per heavy atom. The predicted molar refractivity (Wildman–Crippen MR) is 134 cm³/mol. The molecule has 0 fully saturated rings. The first-order valence-electron chi connectivity index (χ1n) is 10.7. The highest BCUT2D eigenvalue weighted by Gasteiger charge is 2.22. The summed E-state index contributed by atoms with van der Waals surface area (Å²) >= 11 is 1.70. The lowest BCUT2D eigenvalue weighted by Crippen LogP contribution is -1.95. The number of halogens is 1. The summed E-state index contributed by atoms with van der Waals surface area (Å²) in [5.74, 6) is -0.285. The Balaban J connectivity index is 1.69. The smallest absolute Gasteiger partial charge is 0.182 e. The van der Waals surface area contributed by atoms with Crippen LogP contribution in [0.2, 0.25) is 0 Å². The van der Waals surface area contributed by atoms with Crippen molar-refractivity contribution in [2.45, 2.75) is 0 Å². The minimum atomic E-state index is -0.285. The van der Waals surface area contributed by atoms with Crippen molar-refractivity contribution >= 4 is 22.4 Å². The summed E-state index contributed by atoms with van der Waals surface area (Å²) in [6.45, 7) is 0. The SMILES string of the molecule is Cn1cc2c(-c3ccc(-c4cccnc4)s3)c(-c3ccncc3)c(-c3ccc(F)cc3)nc2n1. The van der Waals surface area contributed by atoms with Crippen molar-refractivity contribution in [3.63, 3.8) is 0 Å². The maximum absolute atomic E-state index is 13.7. The molecule has 0 saturated carbocycles. The standard InChI is InChI=1S/C27H18FN5S/c1-33-16-21-25(23-9-8-22(34-23)19-3-2-12-30-15-19)24(17-10-13-29-14-11-17)26(31-27(21)32-33)18-4-6-20(28)7-5-18/h2-16H,1H3. The van der Waals surface area contributed by atoms with Crippen molar-refractivity contribution < 1.29 is 4.39 Å². The molecular formula is C27H18FN5S. The van der Waals surface area contributed by atoms with Crippen molar-refractivity contribution in [2.24, 2.45) is 7.05 Å². The topological polar surface area (TPSA) is 56.5 Å². The van der Waals surface area contributed by atoms with Crippen LogP contribution in [0.4, 0.5) is 4.39 Å². The molecule has 7 heteroatoms. The van der Waals surface area contributed by atoms with Gasteiger partial charge in [0.1, 0.15) is 5.82 Å². The van der Waals surface area contributed by atoms with E-state index in [0.29, 0.717) is 5.65 Å². The number of pyridine rings is 3. The van der Waals surface area contributed by atoms with Gasteiger partial charge in [-0.3, -0.25) is 14.6 Å². The molecule has 0 N–H and O–H groups in total. The predicted octanol–water partition coefficient (Wildman–Crippen LogP) is 6.63. The van der Waals surface area contributed by atoms with Crippen LogP contribution in [-0.2, 0) is 7.05 Å². The first-order chi connectivity index (χ1) is 16.7. The van der Waals surface area contributed by atoms with Gasteiger partial charge in [0.2, 0.25) is 0 Å². The molecule has 5 heterocycles. The van der Waals surface area contributed by atoms with Crippen LogP contribution in [0, 0.1) is 5.82 Å². The number of hydrogen-bond acceptors (Lipinski definition) is 5. The van der Waals surface area contributed by atoms with Crippen LogP contribution in [-0.4, -0.2) is 24.7 Å². The molecule has 0 aliphatic carbocycles. The average Bonchev–Trinajstić information content (AvgIpc) is 3.51. The zero-order chi connectivity index (χ0) is 23.1. The number of aryl methyl sites for hydroxylation is 1. The van der Waals surface area contributed by atoms with Crippen LogP contribution < -0.4 is 0 Å². The van der Waals surface area contributed by atoms with Gasteiger partial charge in [-0.05, 0) is 60.2 Å². The van der Waals surface area contributed by atoms with Crippen LogP contribution in [0.1, 0.15) is 0 Å². The van der Waals surface area contributed by atoms with E-state index in [2.05, 4.69) is 33.3 Å². The normalized spacial score (nSPS) is 11.2. The number of thiophene rings is 1. The van der Waals surface area contributed by atoms with E-state index in [4.69, 9.17) is 4.98 Å². The molecule has 6 aromatic rings. The summed E-state index contributed by atoms with van der Waals surface area (Å²) in [4.78, 5) is 15.6. The highest BCUT2D eigenvalue weighted by molar-refractivity contribution is 7.19. The van der Waals surface area contributed by atoms with Crippen molar-refractivity contribution in [2.75, 3.05) is 0 Å². The van der Waals surface area contributed by atoms with E-state index < -0.39 is 0 Å². The third-order valence-corrected chi connectivity index (χ3v) is 6.82. The molecule has 0 aliphatic heterocycles. The summed E-state index contributed by atoms with van der Waals surface area (Å²) in [5.41, 5.74) is 6.29. The van der Waals surface area contributed by atoms with Crippen LogP contribution in [0.25, 0.3) is 54.3 Å². The molecule has 0 spiro atoms. The maximum atomic E-state index is 13.7. The third-order valence-electron chi connectivity index (χ3n) is 5.67. The van der Waals surface area contributed by atoms with Gasteiger partial charge in [-0.25, -0.2) is 9.37 Å².